The van der Waals surface area contributed by atoms with Gasteiger partial charge in [0.15, 0.2) is 0 Å². The Morgan fingerprint density at radius 1 is 1.11 bits per heavy atom. The predicted octanol–water partition coefficient (Wildman–Crippen LogP) is 5.14. The van der Waals surface area contributed by atoms with Gasteiger partial charge >= 0.3 is 5.97 Å². The predicted molar refractivity (Wildman–Crippen MR) is 111 cm³/mol. The van der Waals surface area contributed by atoms with Gasteiger partial charge in [-0.25, -0.2) is 4.79 Å². The summed E-state index contributed by atoms with van der Waals surface area (Å²) >= 11 is 6.01. The van der Waals surface area contributed by atoms with E-state index in [0.717, 1.165) is 22.4 Å². The van der Waals surface area contributed by atoms with E-state index in [1.165, 1.54) is 0 Å². The minimum Gasteiger partial charge on any atom is -0.478 e. The van der Waals surface area contributed by atoms with Gasteiger partial charge in [0.1, 0.15) is 0 Å². The summed E-state index contributed by atoms with van der Waals surface area (Å²) in [5, 5.41) is 12.9. The highest BCUT2D eigenvalue weighted by Crippen LogP contribution is 2.41. The van der Waals surface area contributed by atoms with Crippen LogP contribution in [0.25, 0.3) is 22.8 Å². The summed E-state index contributed by atoms with van der Waals surface area (Å²) in [5.41, 5.74) is 5.84. The van der Waals surface area contributed by atoms with Crippen molar-refractivity contribution in [1.82, 2.24) is 4.98 Å². The number of rotatable bonds is 3. The number of benzene rings is 2. The number of carbonyl (C=O) groups excluding carboxylic acids is 1. The van der Waals surface area contributed by atoms with Crippen LogP contribution in [0.2, 0.25) is 5.02 Å². The number of nitrogens with one attached hydrogen (secondary N) is 2. The first kappa shape index (κ1) is 18.1. The lowest BCUT2D eigenvalue weighted by Crippen LogP contribution is -2.03. The number of halogens is 1. The Kier molecular flexibility index (Phi) is 4.32. The molecule has 0 saturated heterocycles. The number of aromatic nitrogens is 1. The van der Waals surface area contributed by atoms with Gasteiger partial charge in [-0.2, -0.15) is 0 Å². The number of fused-ring (bicyclic) bond motifs is 1. The molecule has 0 saturated carbocycles. The van der Waals surface area contributed by atoms with Crippen LogP contribution in [0.5, 0.6) is 0 Å². The molecule has 0 unspecified atom stereocenters. The van der Waals surface area contributed by atoms with Crippen LogP contribution in [-0.2, 0) is 4.79 Å². The molecular weight excluding hydrogens is 376 g/mol. The van der Waals surface area contributed by atoms with Gasteiger partial charge in [0.05, 0.1) is 11.1 Å². The van der Waals surface area contributed by atoms with Gasteiger partial charge < -0.3 is 15.4 Å². The Morgan fingerprint density at radius 2 is 1.82 bits per heavy atom. The molecule has 5 nitrogen and oxygen atoms in total. The summed E-state index contributed by atoms with van der Waals surface area (Å²) in [6, 6.07) is 13.1. The molecule has 2 heterocycles. The van der Waals surface area contributed by atoms with Crippen molar-refractivity contribution in [2.24, 2.45) is 0 Å². The van der Waals surface area contributed by atoms with Gasteiger partial charge in [0.2, 0.25) is 0 Å². The monoisotopic (exact) mass is 392 g/mol. The van der Waals surface area contributed by atoms with Crippen molar-refractivity contribution in [3.05, 3.63) is 75.6 Å². The zero-order chi connectivity index (χ0) is 20.0. The summed E-state index contributed by atoms with van der Waals surface area (Å²) in [6.45, 7) is 3.44. The molecule has 28 heavy (non-hydrogen) atoms. The zero-order valence-electron chi connectivity index (χ0n) is 15.3. The Morgan fingerprint density at radius 3 is 2.46 bits per heavy atom. The Labute approximate surface area is 166 Å². The molecule has 0 fully saturated rings. The van der Waals surface area contributed by atoms with Crippen molar-refractivity contribution < 1.29 is 14.7 Å². The lowest BCUT2D eigenvalue weighted by atomic mass is 9.94. The number of carbonyl (C=O) groups is 2. The van der Waals surface area contributed by atoms with Crippen molar-refractivity contribution in [2.75, 3.05) is 5.32 Å². The highest BCUT2D eigenvalue weighted by molar-refractivity contribution is 6.36. The van der Waals surface area contributed by atoms with Crippen LogP contribution in [0.1, 0.15) is 32.9 Å². The zero-order valence-corrected chi connectivity index (χ0v) is 16.0. The normalized spacial score (nSPS) is 14.2. The summed E-state index contributed by atoms with van der Waals surface area (Å²) in [7, 11) is 0. The molecule has 1 aliphatic heterocycles. The third-order valence-corrected chi connectivity index (χ3v) is 5.21. The maximum atomic E-state index is 12.7. The van der Waals surface area contributed by atoms with Crippen LogP contribution in [0.15, 0.2) is 42.5 Å². The first-order valence-corrected chi connectivity index (χ1v) is 9.09. The molecule has 1 aromatic heterocycles. The van der Waals surface area contributed by atoms with Crippen LogP contribution >= 0.6 is 11.6 Å². The largest absolute Gasteiger partial charge is 0.478 e. The number of H-pyrrole nitrogens is 1. The van der Waals surface area contributed by atoms with E-state index in [9.17, 15) is 14.7 Å². The fraction of sp³-hybridized carbons (Fsp3) is 0.0909. The Balaban J connectivity index is 1.90. The smallest absolute Gasteiger partial charge is 0.337 e. The minimum atomic E-state index is -0.992. The standard InChI is InChI=1S/C22H17ClN2O3/c1-11-18(24-12(2)19(11)22(27)28)10-16-20-15(13-6-8-14(23)9-7-13)4-3-5-17(20)25-21(16)26/h3-10,24H,1-2H3,(H,25,26)(H,27,28). The quantitative estimate of drug-likeness (QED) is 0.539. The second kappa shape index (κ2) is 6.69. The molecule has 1 amide bonds. The van der Waals surface area contributed by atoms with Crippen LogP contribution < -0.4 is 5.32 Å². The number of aryl methyl sites for hydroxylation is 1. The van der Waals surface area contributed by atoms with Crippen LogP contribution in [0.3, 0.4) is 0 Å². The summed E-state index contributed by atoms with van der Waals surface area (Å²) in [4.78, 5) is 27.3. The van der Waals surface area contributed by atoms with Crippen molar-refractivity contribution in [1.29, 1.82) is 0 Å². The van der Waals surface area contributed by atoms with Gasteiger partial charge in [0, 0.05) is 27.7 Å². The molecule has 0 atom stereocenters. The van der Waals surface area contributed by atoms with Crippen LogP contribution in [0.4, 0.5) is 5.69 Å². The topological polar surface area (TPSA) is 82.2 Å². The van der Waals surface area contributed by atoms with Crippen molar-refractivity contribution in [3.8, 4) is 11.1 Å². The number of carboxylic acid groups (broad SMARTS) is 1. The molecule has 2 aromatic carbocycles. The van der Waals surface area contributed by atoms with Gasteiger partial charge in [-0.1, -0.05) is 35.9 Å². The maximum Gasteiger partial charge on any atom is 0.337 e. The molecule has 3 N–H and O–H groups in total. The number of aromatic carboxylic acids is 1. The molecule has 1 aliphatic rings. The fourth-order valence-corrected chi connectivity index (χ4v) is 3.77. The second-order valence-corrected chi connectivity index (χ2v) is 7.15. The van der Waals surface area contributed by atoms with Gasteiger partial charge in [0.25, 0.3) is 5.91 Å². The third kappa shape index (κ3) is 2.90. The number of aromatic amines is 1. The molecule has 0 spiro atoms. The molecule has 3 aromatic rings. The third-order valence-electron chi connectivity index (χ3n) is 4.96. The van der Waals surface area contributed by atoms with Crippen molar-refractivity contribution in [3.63, 3.8) is 0 Å². The van der Waals surface area contributed by atoms with E-state index in [0.29, 0.717) is 27.5 Å². The van der Waals surface area contributed by atoms with E-state index < -0.39 is 5.97 Å². The highest BCUT2D eigenvalue weighted by Gasteiger charge is 2.28. The lowest BCUT2D eigenvalue weighted by Gasteiger charge is -2.09. The summed E-state index contributed by atoms with van der Waals surface area (Å²) < 4.78 is 0. The first-order valence-electron chi connectivity index (χ1n) is 8.71. The van der Waals surface area contributed by atoms with Gasteiger partial charge in [-0.05, 0) is 54.8 Å². The minimum absolute atomic E-state index is 0.222. The van der Waals surface area contributed by atoms with E-state index >= 15 is 0 Å². The number of hydrogen-bond acceptors (Lipinski definition) is 2. The average molecular weight is 393 g/mol. The van der Waals surface area contributed by atoms with Gasteiger partial charge in [-0.3, -0.25) is 4.79 Å². The van der Waals surface area contributed by atoms with E-state index in [1.807, 2.05) is 42.5 Å². The number of amides is 1. The van der Waals surface area contributed by atoms with Crippen LogP contribution in [-0.4, -0.2) is 22.0 Å². The highest BCUT2D eigenvalue weighted by atomic mass is 35.5. The summed E-state index contributed by atoms with van der Waals surface area (Å²) in [6.07, 6.45) is 1.72. The maximum absolute atomic E-state index is 12.7. The molecule has 140 valence electrons. The van der Waals surface area contributed by atoms with E-state index in [1.54, 1.807) is 19.9 Å². The Bertz CT molecular complexity index is 1160. The second-order valence-electron chi connectivity index (χ2n) is 6.72. The molecule has 0 bridgehead atoms. The van der Waals surface area contributed by atoms with E-state index in [4.69, 9.17) is 11.6 Å². The number of hydrogen-bond donors (Lipinski definition) is 3. The van der Waals surface area contributed by atoms with E-state index in [2.05, 4.69) is 10.3 Å². The first-order chi connectivity index (χ1) is 13.4. The van der Waals surface area contributed by atoms with Gasteiger partial charge in [-0.15, -0.1) is 0 Å². The molecule has 0 radical (unpaired) electrons. The molecule has 4 rings (SSSR count). The average Bonchev–Trinajstić information content (AvgIpc) is 3.11. The molecular formula is C22H17ClN2O3. The van der Waals surface area contributed by atoms with E-state index in [-0.39, 0.29) is 11.5 Å². The number of carboxylic acids is 1. The SMILES string of the molecule is Cc1[nH]c(C=C2C(=O)Nc3cccc(-c4ccc(Cl)cc4)c32)c(C)c1C(=O)O. The Hall–Kier alpha value is -3.31. The van der Waals surface area contributed by atoms with Crippen molar-refractivity contribution >= 4 is 40.8 Å². The lowest BCUT2D eigenvalue weighted by molar-refractivity contribution is -0.110. The molecule has 6 heteroatoms. The fourth-order valence-electron chi connectivity index (χ4n) is 3.64. The molecule has 0 aliphatic carbocycles. The van der Waals surface area contributed by atoms with Crippen molar-refractivity contribution in [2.45, 2.75) is 13.8 Å². The van der Waals surface area contributed by atoms with Crippen LogP contribution in [0, 0.1) is 13.8 Å². The number of anilines is 1. The summed E-state index contributed by atoms with van der Waals surface area (Å²) in [5.74, 6) is -1.21.